The summed E-state index contributed by atoms with van der Waals surface area (Å²) in [6.45, 7) is 2.58. The number of fused-ring (bicyclic) bond motifs is 1. The highest BCUT2D eigenvalue weighted by atomic mass is 19.4. The normalized spacial score (nSPS) is 15.2. The molecule has 2 aliphatic rings. The van der Waals surface area contributed by atoms with Crippen LogP contribution < -0.4 is 16.4 Å². The minimum absolute atomic E-state index is 0.0935. The van der Waals surface area contributed by atoms with Gasteiger partial charge in [0.25, 0.3) is 12.4 Å². The quantitative estimate of drug-likeness (QED) is 0.206. The average molecular weight is 653 g/mol. The van der Waals surface area contributed by atoms with Crippen LogP contribution in [0.3, 0.4) is 0 Å². The molecule has 0 unspecified atom stereocenters. The van der Waals surface area contributed by atoms with Crippen LogP contribution in [-0.4, -0.2) is 78.1 Å². The second kappa shape index (κ2) is 13.1. The molecule has 0 atom stereocenters. The summed E-state index contributed by atoms with van der Waals surface area (Å²) in [4.78, 5) is 44.3. The Hall–Kier alpha value is -5.50. The van der Waals surface area contributed by atoms with Crippen molar-refractivity contribution in [2.45, 2.75) is 44.9 Å². The number of nitriles is 1. The van der Waals surface area contributed by atoms with Gasteiger partial charge in [0.1, 0.15) is 6.54 Å². The molecule has 1 aromatic carbocycles. The van der Waals surface area contributed by atoms with Gasteiger partial charge in [0.05, 0.1) is 30.1 Å². The number of aromatic nitrogens is 5. The first-order chi connectivity index (χ1) is 22.4. The van der Waals surface area contributed by atoms with E-state index in [0.717, 1.165) is 29.3 Å². The van der Waals surface area contributed by atoms with Crippen LogP contribution in [0.1, 0.15) is 41.4 Å². The lowest BCUT2D eigenvalue weighted by Crippen LogP contribution is -2.67. The number of carbonyl (C=O) groups is 3. The van der Waals surface area contributed by atoms with Crippen molar-refractivity contribution in [2.75, 3.05) is 25.0 Å². The number of amides is 2. The fraction of sp³-hybridized carbons (Fsp3) is 0.367. The molecule has 14 nitrogen and oxygen atoms in total. The Labute approximate surface area is 266 Å². The van der Waals surface area contributed by atoms with Crippen molar-refractivity contribution in [3.05, 3.63) is 59.8 Å². The first-order valence-electron chi connectivity index (χ1n) is 14.5. The molecule has 47 heavy (non-hydrogen) atoms. The first-order valence-corrected chi connectivity index (χ1v) is 14.5. The van der Waals surface area contributed by atoms with E-state index in [1.807, 2.05) is 6.92 Å². The van der Waals surface area contributed by atoms with Gasteiger partial charge in [-0.15, -0.1) is 0 Å². The van der Waals surface area contributed by atoms with Crippen LogP contribution in [0.2, 0.25) is 0 Å². The number of nitrogens with one attached hydrogen (secondary N) is 2. The Morgan fingerprint density at radius 2 is 1.98 bits per heavy atom. The van der Waals surface area contributed by atoms with Crippen LogP contribution in [-0.2, 0) is 28.7 Å². The maximum absolute atomic E-state index is 13.8. The van der Waals surface area contributed by atoms with Crippen molar-refractivity contribution in [3.63, 3.8) is 0 Å². The maximum atomic E-state index is 13.8. The highest BCUT2D eigenvalue weighted by molar-refractivity contribution is 5.98. The number of likely N-dealkylation sites (tertiary alicyclic amines) is 1. The van der Waals surface area contributed by atoms with Crippen LogP contribution in [0.15, 0.2) is 43.0 Å². The Kier molecular flexibility index (Phi) is 9.15. The smallest absolute Gasteiger partial charge is 0.435 e. The van der Waals surface area contributed by atoms with E-state index in [1.54, 1.807) is 29.2 Å². The number of anilines is 2. The molecule has 1 spiro atoms. The standard InChI is InChI=1S/C29H29F3N10O2.CH2O2/c1-2-17-9-19(3-4-20(17)27(44)37-13-23(43)40-15-28(16-40)10-18(34)11-28)38-25-26-36-12-22(42(26)8-6-35-25)21-14-41(7-5-33)39-24(21)29(30,31)32;2-1-3/h3-4,6,8-9,12,14,18H,2,7,10-11,13,15-16,34H2,1H3,(H,35,38)(H,37,44);1H,(H,2,3). The number of nitrogens with zero attached hydrogens (tertiary/aromatic N) is 7. The number of imidazole rings is 1. The van der Waals surface area contributed by atoms with E-state index in [9.17, 15) is 22.8 Å². The van der Waals surface area contributed by atoms with Gasteiger partial charge in [-0.3, -0.25) is 23.5 Å². The van der Waals surface area contributed by atoms with Gasteiger partial charge < -0.3 is 26.4 Å². The third-order valence-electron chi connectivity index (χ3n) is 8.16. The van der Waals surface area contributed by atoms with Crippen molar-refractivity contribution in [1.82, 2.24) is 34.4 Å². The third-order valence-corrected chi connectivity index (χ3v) is 8.16. The van der Waals surface area contributed by atoms with Crippen molar-refractivity contribution < 1.29 is 32.7 Å². The number of hydrogen-bond acceptors (Lipinski definition) is 9. The first kappa shape index (κ1) is 32.9. The zero-order valence-electron chi connectivity index (χ0n) is 25.2. The molecular formula is C30H31F3N10O4. The Morgan fingerprint density at radius 3 is 2.62 bits per heavy atom. The van der Waals surface area contributed by atoms with Crippen LogP contribution in [0.25, 0.3) is 16.9 Å². The Balaban J connectivity index is 0.00000139. The molecule has 5 N–H and O–H groups in total. The molecule has 1 saturated carbocycles. The largest absolute Gasteiger partial charge is 0.483 e. The molecule has 0 bridgehead atoms. The summed E-state index contributed by atoms with van der Waals surface area (Å²) in [5.74, 6) is -0.210. The molecule has 4 aromatic rings. The van der Waals surface area contributed by atoms with E-state index >= 15 is 0 Å². The van der Waals surface area contributed by atoms with Crippen molar-refractivity contribution in [2.24, 2.45) is 11.1 Å². The molecule has 3 aromatic heterocycles. The van der Waals surface area contributed by atoms with Crippen LogP contribution in [0, 0.1) is 16.7 Å². The maximum Gasteiger partial charge on any atom is 0.435 e. The second-order valence-electron chi connectivity index (χ2n) is 11.4. The summed E-state index contributed by atoms with van der Waals surface area (Å²) in [6.07, 6.45) is 3.01. The summed E-state index contributed by atoms with van der Waals surface area (Å²) in [6, 6.07) is 7.11. The number of benzene rings is 1. The number of aryl methyl sites for hydroxylation is 1. The molecule has 1 aliphatic heterocycles. The zero-order chi connectivity index (χ0) is 33.9. The number of carbonyl (C=O) groups excluding carboxylic acids is 2. The summed E-state index contributed by atoms with van der Waals surface area (Å²) >= 11 is 0. The van der Waals surface area contributed by atoms with Crippen molar-refractivity contribution in [1.29, 1.82) is 5.26 Å². The van der Waals surface area contributed by atoms with Crippen molar-refractivity contribution >= 4 is 35.4 Å². The second-order valence-corrected chi connectivity index (χ2v) is 11.4. The van der Waals surface area contributed by atoms with Gasteiger partial charge in [-0.2, -0.15) is 23.5 Å². The number of halogens is 3. The molecule has 6 rings (SSSR count). The topological polar surface area (TPSA) is 197 Å². The highest BCUT2D eigenvalue weighted by Crippen LogP contribution is 2.47. The Bertz CT molecular complexity index is 1850. The average Bonchev–Trinajstić information content (AvgIpc) is 3.62. The van der Waals surface area contributed by atoms with Gasteiger partial charge in [0, 0.05) is 54.4 Å². The number of nitrogens with two attached hydrogens (primary N) is 1. The molecule has 1 saturated heterocycles. The van der Waals surface area contributed by atoms with Gasteiger partial charge in [0.15, 0.2) is 17.2 Å². The zero-order valence-corrected chi connectivity index (χ0v) is 25.2. The summed E-state index contributed by atoms with van der Waals surface area (Å²) in [5, 5.41) is 25.2. The van der Waals surface area contributed by atoms with E-state index in [2.05, 4.69) is 25.7 Å². The van der Waals surface area contributed by atoms with Gasteiger partial charge in [-0.1, -0.05) is 6.92 Å². The minimum Gasteiger partial charge on any atom is -0.483 e. The van der Waals surface area contributed by atoms with E-state index < -0.39 is 11.9 Å². The number of alkyl halides is 3. The predicted octanol–water partition coefficient (Wildman–Crippen LogP) is 2.82. The van der Waals surface area contributed by atoms with Gasteiger partial charge >= 0.3 is 6.18 Å². The summed E-state index contributed by atoms with van der Waals surface area (Å²) in [5.41, 5.74) is 6.84. The number of hydrogen-bond donors (Lipinski definition) is 4. The summed E-state index contributed by atoms with van der Waals surface area (Å²) < 4.78 is 43.7. The monoisotopic (exact) mass is 652 g/mol. The number of carboxylic acid groups (broad SMARTS) is 1. The molecule has 17 heteroatoms. The Morgan fingerprint density at radius 1 is 1.26 bits per heavy atom. The van der Waals surface area contributed by atoms with E-state index in [1.165, 1.54) is 23.0 Å². The van der Waals surface area contributed by atoms with Gasteiger partial charge in [0.2, 0.25) is 5.91 Å². The minimum atomic E-state index is -4.74. The van der Waals surface area contributed by atoms with Crippen molar-refractivity contribution in [3.8, 4) is 17.3 Å². The molecule has 4 heterocycles. The van der Waals surface area contributed by atoms with Gasteiger partial charge in [-0.25, -0.2) is 9.97 Å². The molecule has 2 fully saturated rings. The summed E-state index contributed by atoms with van der Waals surface area (Å²) in [7, 11) is 0. The van der Waals surface area contributed by atoms with E-state index in [4.69, 9.17) is 20.9 Å². The molecular weight excluding hydrogens is 621 g/mol. The van der Waals surface area contributed by atoms with Gasteiger partial charge in [-0.05, 0) is 43.0 Å². The van der Waals surface area contributed by atoms with Crippen LogP contribution in [0.4, 0.5) is 24.7 Å². The molecule has 2 amide bonds. The van der Waals surface area contributed by atoms with Crippen LogP contribution >= 0.6 is 0 Å². The lowest BCUT2D eigenvalue weighted by atomic mass is 9.61. The highest BCUT2D eigenvalue weighted by Gasteiger charge is 2.52. The third kappa shape index (κ3) is 6.72. The fourth-order valence-electron chi connectivity index (χ4n) is 6.11. The van der Waals surface area contributed by atoms with E-state index in [0.29, 0.717) is 30.8 Å². The van der Waals surface area contributed by atoms with E-state index in [-0.39, 0.29) is 65.6 Å². The van der Waals surface area contributed by atoms with Crippen LogP contribution in [0.5, 0.6) is 0 Å². The molecule has 246 valence electrons. The predicted molar refractivity (Wildman–Crippen MR) is 161 cm³/mol. The SMILES string of the molecule is CCc1cc(Nc2nccn3c(-c4cn(CC#N)nc4C(F)(F)F)cnc23)ccc1C(=O)NCC(=O)N1CC2(CC(N)C2)C1.O=CO. The molecule has 0 radical (unpaired) electrons. The fourth-order valence-corrected chi connectivity index (χ4v) is 6.11. The lowest BCUT2D eigenvalue weighted by molar-refractivity contribution is -0.149. The number of rotatable bonds is 8. The molecule has 1 aliphatic carbocycles. The lowest BCUT2D eigenvalue weighted by Gasteiger charge is -2.58.